The van der Waals surface area contributed by atoms with E-state index in [0.29, 0.717) is 22.9 Å². The van der Waals surface area contributed by atoms with E-state index in [-0.39, 0.29) is 11.4 Å². The molecule has 0 unspecified atom stereocenters. The van der Waals surface area contributed by atoms with Crippen LogP contribution >= 0.6 is 0 Å². The molecule has 0 radical (unpaired) electrons. The monoisotopic (exact) mass is 286 g/mol. The highest BCUT2D eigenvalue weighted by Gasteiger charge is 2.19. The number of nitrogens with zero attached hydrogens (tertiary/aromatic N) is 2. The van der Waals surface area contributed by atoms with Gasteiger partial charge in [0.25, 0.3) is 5.88 Å². The first-order valence-corrected chi connectivity index (χ1v) is 6.75. The number of aromatic carboxylic acids is 1. The van der Waals surface area contributed by atoms with E-state index in [4.69, 9.17) is 4.74 Å². The molecule has 0 fully saturated rings. The van der Waals surface area contributed by atoms with E-state index in [9.17, 15) is 9.90 Å². The van der Waals surface area contributed by atoms with Crippen LogP contribution in [0.3, 0.4) is 0 Å². The van der Waals surface area contributed by atoms with Crippen LogP contribution in [0.1, 0.15) is 46.9 Å². The lowest BCUT2D eigenvalue weighted by Crippen LogP contribution is -2.08. The minimum Gasteiger partial charge on any atom is -0.477 e. The molecule has 0 aliphatic heterocycles. The Morgan fingerprint density at radius 1 is 1.14 bits per heavy atom. The van der Waals surface area contributed by atoms with Crippen LogP contribution < -0.4 is 4.74 Å². The Labute approximate surface area is 123 Å². The van der Waals surface area contributed by atoms with Gasteiger partial charge < -0.3 is 9.84 Å². The molecule has 0 saturated heterocycles. The van der Waals surface area contributed by atoms with Gasteiger partial charge in [-0.2, -0.15) is 5.10 Å². The number of carbonyl (C=O) groups is 1. The molecule has 0 aliphatic rings. The molecule has 1 aromatic carbocycles. The number of rotatable bonds is 4. The van der Waals surface area contributed by atoms with E-state index in [0.717, 1.165) is 0 Å². The van der Waals surface area contributed by atoms with Crippen LogP contribution in [0.4, 0.5) is 0 Å². The van der Waals surface area contributed by atoms with Crippen molar-refractivity contribution in [3.8, 4) is 11.6 Å². The van der Waals surface area contributed by atoms with Crippen LogP contribution in [-0.2, 0) is 0 Å². The Hall–Kier alpha value is -2.43. The lowest BCUT2D eigenvalue weighted by atomic mass is 10.0. The van der Waals surface area contributed by atoms with Crippen molar-refractivity contribution in [2.75, 3.05) is 0 Å². The fourth-order valence-corrected chi connectivity index (χ4v) is 1.94. The van der Waals surface area contributed by atoms with Crippen molar-refractivity contribution >= 4 is 5.97 Å². The second-order valence-electron chi connectivity index (χ2n) is 5.22. The summed E-state index contributed by atoms with van der Waals surface area (Å²) in [5.41, 5.74) is 2.38. The van der Waals surface area contributed by atoms with Crippen molar-refractivity contribution in [1.29, 1.82) is 0 Å². The number of carboxylic acids is 1. The molecule has 0 saturated carbocycles. The number of hydrogen-bond donors (Lipinski definition) is 1. The predicted octanol–water partition coefficient (Wildman–Crippen LogP) is 3.71. The maximum atomic E-state index is 11.4. The first-order valence-electron chi connectivity index (χ1n) is 6.75. The topological polar surface area (TPSA) is 72.3 Å². The van der Waals surface area contributed by atoms with Crippen molar-refractivity contribution < 1.29 is 14.6 Å². The number of hydrogen-bond acceptors (Lipinski definition) is 4. The Balaban J connectivity index is 2.35. The minimum absolute atomic E-state index is 0.0166. The van der Waals surface area contributed by atoms with Crippen molar-refractivity contribution in [2.45, 2.75) is 33.6 Å². The second kappa shape index (κ2) is 5.91. The van der Waals surface area contributed by atoms with Gasteiger partial charge in [-0.15, -0.1) is 5.10 Å². The van der Waals surface area contributed by atoms with E-state index >= 15 is 0 Å². The Bertz CT molecular complexity index is 664. The van der Waals surface area contributed by atoms with Crippen LogP contribution in [0, 0.1) is 13.8 Å². The molecule has 0 amide bonds. The summed E-state index contributed by atoms with van der Waals surface area (Å²) in [7, 11) is 0. The molecule has 21 heavy (non-hydrogen) atoms. The van der Waals surface area contributed by atoms with Gasteiger partial charge in [-0.3, -0.25) is 0 Å². The third-order valence-electron chi connectivity index (χ3n) is 3.40. The SMILES string of the molecule is Cc1nnc(Oc2ccc(C(C)C)cc2)c(C(=O)O)c1C. The van der Waals surface area contributed by atoms with Gasteiger partial charge in [0, 0.05) is 0 Å². The summed E-state index contributed by atoms with van der Waals surface area (Å²) in [6.07, 6.45) is 0. The summed E-state index contributed by atoms with van der Waals surface area (Å²) >= 11 is 0. The van der Waals surface area contributed by atoms with Crippen LogP contribution in [-0.4, -0.2) is 21.3 Å². The van der Waals surface area contributed by atoms with Crippen molar-refractivity contribution in [3.63, 3.8) is 0 Å². The molecule has 1 heterocycles. The maximum Gasteiger partial charge on any atom is 0.341 e. The maximum absolute atomic E-state index is 11.4. The van der Waals surface area contributed by atoms with Gasteiger partial charge in [0.1, 0.15) is 11.3 Å². The standard InChI is InChI=1S/C16H18N2O3/c1-9(2)12-5-7-13(8-6-12)21-15-14(16(19)20)10(3)11(4)17-18-15/h5-9H,1-4H3,(H,19,20). The second-order valence-corrected chi connectivity index (χ2v) is 5.22. The molecule has 0 aliphatic carbocycles. The zero-order valence-corrected chi connectivity index (χ0v) is 12.5. The molecule has 1 aromatic heterocycles. The third-order valence-corrected chi connectivity index (χ3v) is 3.40. The van der Waals surface area contributed by atoms with E-state index in [1.807, 2.05) is 12.1 Å². The van der Waals surface area contributed by atoms with Crippen molar-refractivity contribution in [3.05, 3.63) is 46.6 Å². The average molecular weight is 286 g/mol. The molecule has 2 aromatic rings. The largest absolute Gasteiger partial charge is 0.477 e. The fourth-order valence-electron chi connectivity index (χ4n) is 1.94. The summed E-state index contributed by atoms with van der Waals surface area (Å²) in [5, 5.41) is 17.1. The van der Waals surface area contributed by atoms with Gasteiger partial charge in [-0.25, -0.2) is 4.79 Å². The van der Waals surface area contributed by atoms with Crippen LogP contribution in [0.5, 0.6) is 11.6 Å². The lowest BCUT2D eigenvalue weighted by molar-refractivity contribution is 0.0692. The van der Waals surface area contributed by atoms with Crippen molar-refractivity contribution in [2.24, 2.45) is 0 Å². The molecule has 5 nitrogen and oxygen atoms in total. The molecular weight excluding hydrogens is 268 g/mol. The summed E-state index contributed by atoms with van der Waals surface area (Å²) in [6.45, 7) is 7.62. The van der Waals surface area contributed by atoms with Crippen LogP contribution in [0.2, 0.25) is 0 Å². The quantitative estimate of drug-likeness (QED) is 0.927. The van der Waals surface area contributed by atoms with E-state index in [1.165, 1.54) is 5.56 Å². The Kier molecular flexibility index (Phi) is 4.21. The number of carboxylic acid groups (broad SMARTS) is 1. The highest BCUT2D eigenvalue weighted by Crippen LogP contribution is 2.27. The number of ether oxygens (including phenoxy) is 1. The molecule has 0 spiro atoms. The van der Waals surface area contributed by atoms with Gasteiger partial charge in [-0.05, 0) is 43.0 Å². The molecule has 2 rings (SSSR count). The predicted molar refractivity (Wildman–Crippen MR) is 79.1 cm³/mol. The average Bonchev–Trinajstić information content (AvgIpc) is 2.43. The summed E-state index contributed by atoms with van der Waals surface area (Å²) in [5.74, 6) is -0.0864. The van der Waals surface area contributed by atoms with Gasteiger partial charge in [0.15, 0.2) is 0 Å². The normalized spacial score (nSPS) is 10.7. The van der Waals surface area contributed by atoms with Gasteiger partial charge in [0.05, 0.1) is 5.69 Å². The molecule has 110 valence electrons. The number of aromatic nitrogens is 2. The summed E-state index contributed by atoms with van der Waals surface area (Å²) in [4.78, 5) is 11.4. The third kappa shape index (κ3) is 3.18. The zero-order valence-electron chi connectivity index (χ0n) is 12.5. The highest BCUT2D eigenvalue weighted by molar-refractivity contribution is 5.92. The fraction of sp³-hybridized carbons (Fsp3) is 0.312. The number of benzene rings is 1. The molecule has 0 bridgehead atoms. The molecule has 5 heteroatoms. The van der Waals surface area contributed by atoms with E-state index < -0.39 is 5.97 Å². The van der Waals surface area contributed by atoms with E-state index in [2.05, 4.69) is 24.0 Å². The summed E-state index contributed by atoms with van der Waals surface area (Å²) in [6, 6.07) is 7.51. The Morgan fingerprint density at radius 3 is 2.29 bits per heavy atom. The zero-order chi connectivity index (χ0) is 15.6. The van der Waals surface area contributed by atoms with Crippen LogP contribution in [0.15, 0.2) is 24.3 Å². The summed E-state index contributed by atoms with van der Waals surface area (Å²) < 4.78 is 5.59. The van der Waals surface area contributed by atoms with Gasteiger partial charge >= 0.3 is 5.97 Å². The van der Waals surface area contributed by atoms with E-state index in [1.54, 1.807) is 26.0 Å². The minimum atomic E-state index is -1.07. The molecule has 1 N–H and O–H groups in total. The van der Waals surface area contributed by atoms with Crippen molar-refractivity contribution in [1.82, 2.24) is 10.2 Å². The highest BCUT2D eigenvalue weighted by atomic mass is 16.5. The van der Waals surface area contributed by atoms with Gasteiger partial charge in [0.2, 0.25) is 0 Å². The molecular formula is C16H18N2O3. The lowest BCUT2D eigenvalue weighted by Gasteiger charge is -2.11. The molecule has 0 atom stereocenters. The van der Waals surface area contributed by atoms with Crippen LogP contribution in [0.25, 0.3) is 0 Å². The smallest absolute Gasteiger partial charge is 0.341 e. The number of aryl methyl sites for hydroxylation is 1. The first kappa shape index (κ1) is 15.0. The first-order chi connectivity index (χ1) is 9.90. The Morgan fingerprint density at radius 2 is 1.76 bits per heavy atom. The van der Waals surface area contributed by atoms with Gasteiger partial charge in [-0.1, -0.05) is 26.0 Å².